The molecule has 0 unspecified atom stereocenters. The van der Waals surface area contributed by atoms with Crippen molar-refractivity contribution < 1.29 is 14.2 Å². The summed E-state index contributed by atoms with van der Waals surface area (Å²) in [5.41, 5.74) is 0. The lowest BCUT2D eigenvalue weighted by molar-refractivity contribution is 0.310. The van der Waals surface area contributed by atoms with Crippen LogP contribution >= 0.6 is 0 Å². The number of rotatable bonds is 3. The Labute approximate surface area is 70.3 Å². The topological polar surface area (TPSA) is 53.5 Å². The van der Waals surface area contributed by atoms with Gasteiger partial charge < -0.3 is 14.2 Å². The number of hydrogen-bond donors (Lipinski definition) is 0. The Morgan fingerprint density at radius 2 is 1.83 bits per heavy atom. The standard InChI is InChI=1S/C7H10N2O3/c1-10-5-4-8-9-7(12-3)6(5)11-2/h4H,1-3H3. The predicted octanol–water partition coefficient (Wildman–Crippen LogP) is 0.502. The quantitative estimate of drug-likeness (QED) is 0.661. The maximum Gasteiger partial charge on any atom is 0.280 e. The molecule has 0 saturated carbocycles. The first-order valence-corrected chi connectivity index (χ1v) is 3.31. The summed E-state index contributed by atoms with van der Waals surface area (Å²) in [6.45, 7) is 0. The summed E-state index contributed by atoms with van der Waals surface area (Å²) >= 11 is 0. The van der Waals surface area contributed by atoms with Crippen LogP contribution in [-0.4, -0.2) is 31.5 Å². The van der Waals surface area contributed by atoms with Gasteiger partial charge in [0.25, 0.3) is 5.88 Å². The van der Waals surface area contributed by atoms with Crippen LogP contribution < -0.4 is 14.2 Å². The molecule has 0 N–H and O–H groups in total. The largest absolute Gasteiger partial charge is 0.491 e. The molecule has 1 aromatic heterocycles. The van der Waals surface area contributed by atoms with Gasteiger partial charge in [-0.1, -0.05) is 0 Å². The maximum absolute atomic E-state index is 5.01. The second-order valence-corrected chi connectivity index (χ2v) is 1.96. The Morgan fingerprint density at radius 1 is 1.08 bits per heavy atom. The highest BCUT2D eigenvalue weighted by Gasteiger charge is 2.11. The summed E-state index contributed by atoms with van der Waals surface area (Å²) < 4.78 is 14.9. The van der Waals surface area contributed by atoms with Crippen LogP contribution in [0.3, 0.4) is 0 Å². The lowest BCUT2D eigenvalue weighted by atomic mass is 10.4. The molecule has 0 spiro atoms. The molecular formula is C7H10N2O3. The highest BCUT2D eigenvalue weighted by Crippen LogP contribution is 2.32. The molecule has 0 atom stereocenters. The van der Waals surface area contributed by atoms with E-state index in [1.165, 1.54) is 27.5 Å². The molecule has 66 valence electrons. The van der Waals surface area contributed by atoms with Crippen LogP contribution in [0.2, 0.25) is 0 Å². The molecule has 1 heterocycles. The lowest BCUT2D eigenvalue weighted by Crippen LogP contribution is -1.98. The van der Waals surface area contributed by atoms with Gasteiger partial charge in [-0.05, 0) is 0 Å². The van der Waals surface area contributed by atoms with E-state index >= 15 is 0 Å². The fourth-order valence-corrected chi connectivity index (χ4v) is 0.810. The van der Waals surface area contributed by atoms with Gasteiger partial charge in [-0.15, -0.1) is 5.10 Å². The van der Waals surface area contributed by atoms with E-state index in [9.17, 15) is 0 Å². The zero-order valence-corrected chi connectivity index (χ0v) is 7.20. The number of ether oxygens (including phenoxy) is 3. The van der Waals surface area contributed by atoms with E-state index in [4.69, 9.17) is 14.2 Å². The third-order valence-corrected chi connectivity index (χ3v) is 1.36. The Morgan fingerprint density at radius 3 is 2.33 bits per heavy atom. The number of hydrogen-bond acceptors (Lipinski definition) is 5. The van der Waals surface area contributed by atoms with Crippen molar-refractivity contribution >= 4 is 0 Å². The van der Waals surface area contributed by atoms with E-state index in [-0.39, 0.29) is 0 Å². The van der Waals surface area contributed by atoms with Crippen molar-refractivity contribution in [1.29, 1.82) is 0 Å². The molecule has 0 fully saturated rings. The minimum Gasteiger partial charge on any atom is -0.491 e. The van der Waals surface area contributed by atoms with Crippen molar-refractivity contribution in [2.45, 2.75) is 0 Å². The Hall–Kier alpha value is -1.52. The SMILES string of the molecule is COc1cnnc(OC)c1OC. The average Bonchev–Trinajstić information content (AvgIpc) is 2.16. The van der Waals surface area contributed by atoms with E-state index in [0.717, 1.165) is 0 Å². The molecule has 5 nitrogen and oxygen atoms in total. The van der Waals surface area contributed by atoms with E-state index in [1.807, 2.05) is 0 Å². The van der Waals surface area contributed by atoms with E-state index in [1.54, 1.807) is 0 Å². The van der Waals surface area contributed by atoms with E-state index < -0.39 is 0 Å². The molecule has 1 rings (SSSR count). The van der Waals surface area contributed by atoms with Gasteiger partial charge in [0.15, 0.2) is 5.75 Å². The van der Waals surface area contributed by atoms with Crippen molar-refractivity contribution in [3.05, 3.63) is 6.20 Å². The molecule has 12 heavy (non-hydrogen) atoms. The minimum absolute atomic E-state index is 0.317. The van der Waals surface area contributed by atoms with Crippen LogP contribution in [0, 0.1) is 0 Å². The fourth-order valence-electron chi connectivity index (χ4n) is 0.810. The number of methoxy groups -OCH3 is 3. The minimum atomic E-state index is 0.317. The third-order valence-electron chi connectivity index (χ3n) is 1.36. The van der Waals surface area contributed by atoms with Gasteiger partial charge in [-0.2, -0.15) is 5.10 Å². The normalized spacial score (nSPS) is 9.25. The smallest absolute Gasteiger partial charge is 0.280 e. The second kappa shape index (κ2) is 3.75. The van der Waals surface area contributed by atoms with Gasteiger partial charge in [0.2, 0.25) is 5.75 Å². The van der Waals surface area contributed by atoms with Crippen LogP contribution in [0.25, 0.3) is 0 Å². The Balaban J connectivity index is 3.13. The zero-order chi connectivity index (χ0) is 8.97. The van der Waals surface area contributed by atoms with Gasteiger partial charge in [-0.25, -0.2) is 0 Å². The first kappa shape index (κ1) is 8.58. The number of aromatic nitrogens is 2. The van der Waals surface area contributed by atoms with E-state index in [2.05, 4.69) is 10.2 Å². The zero-order valence-electron chi connectivity index (χ0n) is 7.20. The maximum atomic E-state index is 5.01. The summed E-state index contributed by atoms with van der Waals surface area (Å²) in [5, 5.41) is 7.35. The van der Waals surface area contributed by atoms with Gasteiger partial charge in [0.05, 0.1) is 27.5 Å². The first-order chi connectivity index (χ1) is 5.83. The molecule has 0 bridgehead atoms. The molecule has 0 saturated heterocycles. The molecule has 0 aromatic carbocycles. The van der Waals surface area contributed by atoms with Gasteiger partial charge in [0, 0.05) is 0 Å². The summed E-state index contributed by atoms with van der Waals surface area (Å²) in [7, 11) is 4.53. The van der Waals surface area contributed by atoms with Crippen LogP contribution in [0.15, 0.2) is 6.20 Å². The van der Waals surface area contributed by atoms with Crippen molar-refractivity contribution in [1.82, 2.24) is 10.2 Å². The van der Waals surface area contributed by atoms with Crippen LogP contribution in [0.5, 0.6) is 17.4 Å². The van der Waals surface area contributed by atoms with Crippen molar-refractivity contribution in [2.75, 3.05) is 21.3 Å². The van der Waals surface area contributed by atoms with Crippen molar-refractivity contribution in [2.24, 2.45) is 0 Å². The molecule has 1 aromatic rings. The molecule has 0 aliphatic carbocycles. The summed E-state index contributed by atoms with van der Waals surface area (Å²) in [6.07, 6.45) is 1.46. The molecule has 0 radical (unpaired) electrons. The van der Waals surface area contributed by atoms with Gasteiger partial charge >= 0.3 is 0 Å². The molecule has 0 aliphatic rings. The average molecular weight is 170 g/mol. The highest BCUT2D eigenvalue weighted by molar-refractivity contribution is 5.44. The third kappa shape index (κ3) is 1.39. The summed E-state index contributed by atoms with van der Waals surface area (Å²) in [6, 6.07) is 0. The Kier molecular flexibility index (Phi) is 2.68. The molecule has 5 heteroatoms. The second-order valence-electron chi connectivity index (χ2n) is 1.96. The van der Waals surface area contributed by atoms with Crippen molar-refractivity contribution in [3.8, 4) is 17.4 Å². The highest BCUT2D eigenvalue weighted by atomic mass is 16.5. The number of nitrogens with zero attached hydrogens (tertiary/aromatic N) is 2. The molecule has 0 aliphatic heterocycles. The lowest BCUT2D eigenvalue weighted by Gasteiger charge is -2.08. The summed E-state index contributed by atoms with van der Waals surface area (Å²) in [4.78, 5) is 0. The molecular weight excluding hydrogens is 160 g/mol. The predicted molar refractivity (Wildman–Crippen MR) is 41.7 cm³/mol. The van der Waals surface area contributed by atoms with Crippen LogP contribution in [0.1, 0.15) is 0 Å². The van der Waals surface area contributed by atoms with Crippen LogP contribution in [-0.2, 0) is 0 Å². The molecule has 0 amide bonds. The van der Waals surface area contributed by atoms with Crippen molar-refractivity contribution in [3.63, 3.8) is 0 Å². The van der Waals surface area contributed by atoms with Gasteiger partial charge in [-0.3, -0.25) is 0 Å². The summed E-state index contributed by atoms with van der Waals surface area (Å²) in [5.74, 6) is 1.27. The first-order valence-electron chi connectivity index (χ1n) is 3.31. The van der Waals surface area contributed by atoms with E-state index in [0.29, 0.717) is 17.4 Å². The Bertz CT molecular complexity index is 243. The monoisotopic (exact) mass is 170 g/mol. The van der Waals surface area contributed by atoms with Gasteiger partial charge in [0.1, 0.15) is 0 Å². The van der Waals surface area contributed by atoms with Crippen LogP contribution in [0.4, 0.5) is 0 Å². The fraction of sp³-hybridized carbons (Fsp3) is 0.429.